The maximum atomic E-state index is 4.48. The molecule has 4 nitrogen and oxygen atoms in total. The van der Waals surface area contributed by atoms with Crippen LogP contribution in [0.1, 0.15) is 12.8 Å². The molecule has 2 heterocycles. The fraction of sp³-hybridized carbons (Fsp3) is 0.400. The Kier molecular flexibility index (Phi) is 1.50. The van der Waals surface area contributed by atoms with Crippen molar-refractivity contribution < 1.29 is 0 Å². The molecule has 4 heteroatoms. The van der Waals surface area contributed by atoms with Crippen LogP contribution in [-0.4, -0.2) is 20.6 Å². The third-order valence-electron chi connectivity index (χ3n) is 2.59. The van der Waals surface area contributed by atoms with Crippen LogP contribution >= 0.6 is 0 Å². The van der Waals surface area contributed by atoms with Crippen LogP contribution in [0.5, 0.6) is 0 Å². The lowest BCUT2D eigenvalue weighted by Gasteiger charge is -2.02. The Balaban J connectivity index is 2.09. The lowest BCUT2D eigenvalue weighted by molar-refractivity contribution is 0.926. The zero-order valence-electron chi connectivity index (χ0n) is 8.07. The summed E-state index contributed by atoms with van der Waals surface area (Å²) < 4.78 is 2.08. The minimum Gasteiger partial charge on any atom is -0.353 e. The van der Waals surface area contributed by atoms with Crippen LogP contribution in [0.25, 0.3) is 11.0 Å². The summed E-state index contributed by atoms with van der Waals surface area (Å²) in [6.45, 7) is 0. The Morgan fingerprint density at radius 1 is 1.50 bits per heavy atom. The molecule has 1 aliphatic carbocycles. The molecule has 2 aromatic heterocycles. The van der Waals surface area contributed by atoms with E-state index in [1.54, 1.807) is 12.4 Å². The number of fused-ring (bicyclic) bond motifs is 1. The monoisotopic (exact) mass is 188 g/mol. The normalized spacial score (nSPS) is 16.1. The van der Waals surface area contributed by atoms with E-state index in [-0.39, 0.29) is 0 Å². The third kappa shape index (κ3) is 1.14. The highest BCUT2D eigenvalue weighted by Gasteiger charge is 2.22. The molecule has 1 saturated carbocycles. The van der Waals surface area contributed by atoms with E-state index in [0.717, 1.165) is 17.0 Å². The fourth-order valence-electron chi connectivity index (χ4n) is 1.59. The number of nitrogens with zero attached hydrogens (tertiary/aromatic N) is 3. The van der Waals surface area contributed by atoms with Gasteiger partial charge in [0.2, 0.25) is 5.95 Å². The van der Waals surface area contributed by atoms with Gasteiger partial charge in [0.25, 0.3) is 0 Å². The van der Waals surface area contributed by atoms with Crippen molar-refractivity contribution in [2.24, 2.45) is 7.05 Å². The van der Waals surface area contributed by atoms with Crippen LogP contribution in [0.15, 0.2) is 18.5 Å². The molecular formula is C10H12N4. The average molecular weight is 188 g/mol. The Morgan fingerprint density at radius 3 is 3.07 bits per heavy atom. The lowest BCUT2D eigenvalue weighted by Crippen LogP contribution is -2.06. The summed E-state index contributed by atoms with van der Waals surface area (Å²) in [5.41, 5.74) is 2.08. The van der Waals surface area contributed by atoms with Gasteiger partial charge in [0.15, 0.2) is 0 Å². The number of rotatable bonds is 2. The Morgan fingerprint density at radius 2 is 2.36 bits per heavy atom. The number of nitrogens with one attached hydrogen (secondary N) is 1. The molecule has 0 unspecified atom stereocenters. The summed E-state index contributed by atoms with van der Waals surface area (Å²) in [6.07, 6.45) is 6.13. The summed E-state index contributed by atoms with van der Waals surface area (Å²) in [5.74, 6) is 0.954. The summed E-state index contributed by atoms with van der Waals surface area (Å²) in [5, 5.41) is 3.40. The van der Waals surface area contributed by atoms with E-state index >= 15 is 0 Å². The van der Waals surface area contributed by atoms with Crippen molar-refractivity contribution in [3.63, 3.8) is 0 Å². The van der Waals surface area contributed by atoms with Crippen molar-refractivity contribution in [3.05, 3.63) is 18.5 Å². The molecule has 0 atom stereocenters. The average Bonchev–Trinajstić information content (AvgIpc) is 2.95. The zero-order chi connectivity index (χ0) is 9.54. The fourth-order valence-corrected chi connectivity index (χ4v) is 1.59. The number of imidazole rings is 1. The molecule has 1 aliphatic rings. The summed E-state index contributed by atoms with van der Waals surface area (Å²) in [4.78, 5) is 8.54. The second kappa shape index (κ2) is 2.70. The van der Waals surface area contributed by atoms with Crippen LogP contribution < -0.4 is 5.32 Å². The predicted octanol–water partition coefficient (Wildman–Crippen LogP) is 1.54. The second-order valence-corrected chi connectivity index (χ2v) is 3.78. The predicted molar refractivity (Wildman–Crippen MR) is 55.2 cm³/mol. The van der Waals surface area contributed by atoms with Crippen LogP contribution in [-0.2, 0) is 7.05 Å². The number of aryl methyl sites for hydroxylation is 1. The molecule has 0 amide bonds. The van der Waals surface area contributed by atoms with Crippen LogP contribution in [0.2, 0.25) is 0 Å². The summed E-state index contributed by atoms with van der Waals surface area (Å²) in [7, 11) is 2.03. The standard InChI is InChI=1S/C10H12N4/c1-14-9-4-5-11-6-8(9)13-10(14)12-7-2-3-7/h4-7H,2-3H2,1H3,(H,12,13). The van der Waals surface area contributed by atoms with Crippen molar-refractivity contribution in [3.8, 4) is 0 Å². The minimum absolute atomic E-state index is 0.637. The molecule has 0 spiro atoms. The van der Waals surface area contributed by atoms with Crippen LogP contribution in [0.3, 0.4) is 0 Å². The zero-order valence-corrected chi connectivity index (χ0v) is 8.07. The Hall–Kier alpha value is -1.58. The van der Waals surface area contributed by atoms with Crippen molar-refractivity contribution in [2.75, 3.05) is 5.32 Å². The van der Waals surface area contributed by atoms with Crippen LogP contribution in [0.4, 0.5) is 5.95 Å². The third-order valence-corrected chi connectivity index (χ3v) is 2.59. The van der Waals surface area contributed by atoms with E-state index in [0.29, 0.717) is 6.04 Å². The molecule has 14 heavy (non-hydrogen) atoms. The van der Waals surface area contributed by atoms with Crippen molar-refractivity contribution in [1.29, 1.82) is 0 Å². The van der Waals surface area contributed by atoms with Crippen LogP contribution in [0, 0.1) is 0 Å². The molecule has 2 aromatic rings. The van der Waals surface area contributed by atoms with Gasteiger partial charge < -0.3 is 9.88 Å². The van der Waals surface area contributed by atoms with E-state index < -0.39 is 0 Å². The smallest absolute Gasteiger partial charge is 0.203 e. The quantitative estimate of drug-likeness (QED) is 0.777. The maximum absolute atomic E-state index is 4.48. The second-order valence-electron chi connectivity index (χ2n) is 3.78. The first-order valence-electron chi connectivity index (χ1n) is 4.87. The minimum atomic E-state index is 0.637. The largest absolute Gasteiger partial charge is 0.353 e. The van der Waals surface area contributed by atoms with Gasteiger partial charge in [-0.1, -0.05) is 0 Å². The van der Waals surface area contributed by atoms with Gasteiger partial charge in [0, 0.05) is 19.3 Å². The number of aromatic nitrogens is 3. The van der Waals surface area contributed by atoms with Gasteiger partial charge in [-0.2, -0.15) is 0 Å². The summed E-state index contributed by atoms with van der Waals surface area (Å²) in [6, 6.07) is 2.62. The first kappa shape index (κ1) is 7.79. The van der Waals surface area contributed by atoms with Crippen molar-refractivity contribution in [2.45, 2.75) is 18.9 Å². The lowest BCUT2D eigenvalue weighted by atomic mass is 10.4. The van der Waals surface area contributed by atoms with E-state index in [9.17, 15) is 0 Å². The molecule has 0 saturated heterocycles. The van der Waals surface area contributed by atoms with Crippen molar-refractivity contribution >= 4 is 17.0 Å². The first-order valence-corrected chi connectivity index (χ1v) is 4.87. The maximum Gasteiger partial charge on any atom is 0.203 e. The SMILES string of the molecule is Cn1c(NC2CC2)nc2cnccc21. The van der Waals surface area contributed by atoms with Crippen molar-refractivity contribution in [1.82, 2.24) is 14.5 Å². The molecule has 1 fully saturated rings. The molecule has 0 aliphatic heterocycles. The molecule has 72 valence electrons. The number of hydrogen-bond acceptors (Lipinski definition) is 3. The van der Waals surface area contributed by atoms with Gasteiger partial charge in [-0.25, -0.2) is 4.98 Å². The van der Waals surface area contributed by atoms with Gasteiger partial charge in [-0.3, -0.25) is 4.98 Å². The highest BCUT2D eigenvalue weighted by Crippen LogP contribution is 2.25. The van der Waals surface area contributed by atoms with Gasteiger partial charge in [-0.15, -0.1) is 0 Å². The number of pyridine rings is 1. The van der Waals surface area contributed by atoms with Gasteiger partial charge in [-0.05, 0) is 18.9 Å². The Labute approximate surface area is 82.0 Å². The number of hydrogen-bond donors (Lipinski definition) is 1. The van der Waals surface area contributed by atoms with Gasteiger partial charge in [0.05, 0.1) is 11.7 Å². The molecule has 0 aromatic carbocycles. The first-order chi connectivity index (χ1) is 6.84. The van der Waals surface area contributed by atoms with E-state index in [2.05, 4.69) is 19.9 Å². The Bertz CT molecular complexity index is 470. The van der Waals surface area contributed by atoms with E-state index in [4.69, 9.17) is 0 Å². The van der Waals surface area contributed by atoms with E-state index in [1.165, 1.54) is 12.8 Å². The number of anilines is 1. The molecule has 1 N–H and O–H groups in total. The van der Waals surface area contributed by atoms with E-state index in [1.807, 2.05) is 13.1 Å². The van der Waals surface area contributed by atoms with Gasteiger partial charge >= 0.3 is 0 Å². The highest BCUT2D eigenvalue weighted by molar-refractivity contribution is 5.77. The highest BCUT2D eigenvalue weighted by atomic mass is 15.2. The topological polar surface area (TPSA) is 42.7 Å². The molecule has 3 rings (SSSR count). The summed E-state index contributed by atoms with van der Waals surface area (Å²) >= 11 is 0. The molecular weight excluding hydrogens is 176 g/mol. The molecule has 0 radical (unpaired) electrons. The molecule has 0 bridgehead atoms. The van der Waals surface area contributed by atoms with Gasteiger partial charge in [0.1, 0.15) is 5.52 Å².